The zero-order valence-corrected chi connectivity index (χ0v) is 14.3. The van der Waals surface area contributed by atoms with Gasteiger partial charge in [0.1, 0.15) is 6.10 Å². The molecular formula is C19H22O5. The first-order chi connectivity index (χ1) is 11.4. The maximum atomic E-state index is 12.3. The molecule has 4 aliphatic rings. The van der Waals surface area contributed by atoms with Crippen LogP contribution in [0, 0.1) is 11.3 Å². The molecule has 0 amide bonds. The van der Waals surface area contributed by atoms with Gasteiger partial charge in [-0.25, -0.2) is 9.59 Å². The second-order valence-electron chi connectivity index (χ2n) is 7.72. The van der Waals surface area contributed by atoms with Gasteiger partial charge in [-0.1, -0.05) is 19.4 Å². The Morgan fingerprint density at radius 2 is 2.04 bits per heavy atom. The van der Waals surface area contributed by atoms with E-state index in [1.165, 1.54) is 23.8 Å². The van der Waals surface area contributed by atoms with Gasteiger partial charge in [0.2, 0.25) is 0 Å². The number of esters is 2. The number of hydrogen-bond acceptors (Lipinski definition) is 5. The van der Waals surface area contributed by atoms with Crippen LogP contribution in [-0.2, 0) is 23.8 Å². The molecule has 0 radical (unpaired) electrons. The van der Waals surface area contributed by atoms with Crippen LogP contribution in [0.1, 0.15) is 46.5 Å². The molecule has 4 rings (SSSR count). The van der Waals surface area contributed by atoms with Gasteiger partial charge in [0.05, 0.1) is 11.8 Å². The molecule has 5 nitrogen and oxygen atoms in total. The van der Waals surface area contributed by atoms with Crippen molar-refractivity contribution in [2.45, 2.75) is 58.8 Å². The third kappa shape index (κ3) is 2.29. The third-order valence-electron chi connectivity index (χ3n) is 5.64. The van der Waals surface area contributed by atoms with Gasteiger partial charge >= 0.3 is 11.9 Å². The standard InChI is InChI=1S/C19H22O5/c1-10-7-14(23-17(10)20)22-9-13-12-8-11-5-4-6-19(2,3)15(11)16(12)24-18(13)21/h7,9,12,14,16H,4-6,8H2,1-3H3/b13-9+/t12-,14+,16+/m1/s1. The van der Waals surface area contributed by atoms with Crippen molar-refractivity contribution < 1.29 is 23.8 Å². The Morgan fingerprint density at radius 3 is 2.75 bits per heavy atom. The first kappa shape index (κ1) is 15.5. The molecule has 1 saturated heterocycles. The van der Waals surface area contributed by atoms with Gasteiger partial charge in [-0.15, -0.1) is 0 Å². The molecule has 0 aromatic carbocycles. The van der Waals surface area contributed by atoms with Crippen molar-refractivity contribution in [1.29, 1.82) is 0 Å². The third-order valence-corrected chi connectivity index (χ3v) is 5.64. The number of carbonyl (C=O) groups is 2. The summed E-state index contributed by atoms with van der Waals surface area (Å²) in [6.07, 6.45) is 6.42. The molecule has 0 spiro atoms. The average Bonchev–Trinajstić information content (AvgIpc) is 3.10. The van der Waals surface area contributed by atoms with E-state index in [1.54, 1.807) is 13.0 Å². The Balaban J connectivity index is 1.55. The number of hydrogen-bond donors (Lipinski definition) is 0. The summed E-state index contributed by atoms with van der Waals surface area (Å²) in [5, 5.41) is 0. The smallest absolute Gasteiger partial charge is 0.338 e. The highest BCUT2D eigenvalue weighted by Crippen LogP contribution is 2.54. The summed E-state index contributed by atoms with van der Waals surface area (Å²) in [5.74, 6) is -0.671. The zero-order valence-electron chi connectivity index (χ0n) is 14.3. The van der Waals surface area contributed by atoms with E-state index in [-0.39, 0.29) is 29.4 Å². The van der Waals surface area contributed by atoms with Crippen LogP contribution < -0.4 is 0 Å². The fourth-order valence-corrected chi connectivity index (χ4v) is 4.46. The molecule has 3 atom stereocenters. The van der Waals surface area contributed by atoms with Crippen molar-refractivity contribution in [3.63, 3.8) is 0 Å². The summed E-state index contributed by atoms with van der Waals surface area (Å²) in [6, 6.07) is 0. The molecule has 0 bridgehead atoms. The molecule has 128 valence electrons. The van der Waals surface area contributed by atoms with E-state index in [0.29, 0.717) is 11.1 Å². The number of cyclic esters (lactones) is 1. The number of ether oxygens (including phenoxy) is 3. The van der Waals surface area contributed by atoms with Crippen LogP contribution in [0.3, 0.4) is 0 Å². The maximum Gasteiger partial charge on any atom is 0.338 e. The lowest BCUT2D eigenvalue weighted by Gasteiger charge is -2.34. The topological polar surface area (TPSA) is 61.8 Å². The molecule has 0 saturated carbocycles. The molecule has 2 aliphatic heterocycles. The Kier molecular flexibility index (Phi) is 3.37. The van der Waals surface area contributed by atoms with Crippen LogP contribution in [0.4, 0.5) is 0 Å². The van der Waals surface area contributed by atoms with E-state index in [1.807, 2.05) is 0 Å². The minimum Gasteiger partial charge on any atom is -0.458 e. The highest BCUT2D eigenvalue weighted by Gasteiger charge is 2.52. The molecule has 0 aromatic heterocycles. The van der Waals surface area contributed by atoms with Crippen molar-refractivity contribution in [2.24, 2.45) is 11.3 Å². The SMILES string of the molecule is CC1=C[C@@H](O/C=C2/C(=O)O[C@@H]3C4=C(CCCC4(C)C)C[C@H]23)OC1=O. The van der Waals surface area contributed by atoms with E-state index in [2.05, 4.69) is 13.8 Å². The fourth-order valence-electron chi connectivity index (χ4n) is 4.46. The molecule has 0 N–H and O–H groups in total. The summed E-state index contributed by atoms with van der Waals surface area (Å²) in [5.41, 5.74) is 3.93. The van der Waals surface area contributed by atoms with Crippen LogP contribution in [0.25, 0.3) is 0 Å². The Morgan fingerprint density at radius 1 is 1.25 bits per heavy atom. The Bertz CT molecular complexity index is 709. The minimum atomic E-state index is -0.753. The summed E-state index contributed by atoms with van der Waals surface area (Å²) in [4.78, 5) is 23.7. The number of carbonyl (C=O) groups excluding carboxylic acids is 2. The summed E-state index contributed by atoms with van der Waals surface area (Å²) in [7, 11) is 0. The van der Waals surface area contributed by atoms with Gasteiger partial charge in [0.15, 0.2) is 0 Å². The Labute approximate surface area is 141 Å². The normalized spacial score (nSPS) is 35.5. The lowest BCUT2D eigenvalue weighted by Crippen LogP contribution is -2.27. The van der Waals surface area contributed by atoms with Crippen LogP contribution >= 0.6 is 0 Å². The molecule has 2 aliphatic carbocycles. The van der Waals surface area contributed by atoms with Crippen molar-refractivity contribution in [1.82, 2.24) is 0 Å². The molecular weight excluding hydrogens is 308 g/mol. The van der Waals surface area contributed by atoms with Gasteiger partial charge in [0.25, 0.3) is 6.29 Å². The maximum absolute atomic E-state index is 12.3. The van der Waals surface area contributed by atoms with Crippen LogP contribution in [-0.4, -0.2) is 24.3 Å². The Hall–Kier alpha value is -2.04. The molecule has 5 heteroatoms. The van der Waals surface area contributed by atoms with E-state index in [9.17, 15) is 9.59 Å². The average molecular weight is 330 g/mol. The zero-order chi connectivity index (χ0) is 17.1. The van der Waals surface area contributed by atoms with Gasteiger partial charge in [-0.05, 0) is 43.6 Å². The van der Waals surface area contributed by atoms with E-state index < -0.39 is 6.29 Å². The van der Waals surface area contributed by atoms with E-state index in [0.717, 1.165) is 19.3 Å². The predicted octanol–water partition coefficient (Wildman–Crippen LogP) is 3.17. The van der Waals surface area contributed by atoms with Crippen molar-refractivity contribution >= 4 is 11.9 Å². The van der Waals surface area contributed by atoms with Crippen LogP contribution in [0.5, 0.6) is 0 Å². The van der Waals surface area contributed by atoms with Gasteiger partial charge in [-0.3, -0.25) is 0 Å². The first-order valence-electron chi connectivity index (χ1n) is 8.55. The molecule has 2 heterocycles. The molecule has 1 fully saturated rings. The second-order valence-corrected chi connectivity index (χ2v) is 7.72. The van der Waals surface area contributed by atoms with Crippen molar-refractivity contribution in [2.75, 3.05) is 0 Å². The summed E-state index contributed by atoms with van der Waals surface area (Å²) >= 11 is 0. The monoisotopic (exact) mass is 330 g/mol. The quantitative estimate of drug-likeness (QED) is 0.337. The van der Waals surface area contributed by atoms with Crippen LogP contribution in [0.2, 0.25) is 0 Å². The minimum absolute atomic E-state index is 0.0297. The predicted molar refractivity (Wildman–Crippen MR) is 85.5 cm³/mol. The lowest BCUT2D eigenvalue weighted by atomic mass is 9.72. The largest absolute Gasteiger partial charge is 0.458 e. The highest BCUT2D eigenvalue weighted by molar-refractivity contribution is 5.92. The highest BCUT2D eigenvalue weighted by atomic mass is 16.7. The van der Waals surface area contributed by atoms with Gasteiger partial charge in [0, 0.05) is 17.6 Å². The lowest BCUT2D eigenvalue weighted by molar-refractivity contribution is -0.152. The van der Waals surface area contributed by atoms with Crippen molar-refractivity contribution in [3.05, 3.63) is 34.6 Å². The van der Waals surface area contributed by atoms with Gasteiger partial charge in [-0.2, -0.15) is 0 Å². The fraction of sp³-hybridized carbons (Fsp3) is 0.579. The second kappa shape index (κ2) is 5.23. The summed E-state index contributed by atoms with van der Waals surface area (Å²) in [6.45, 7) is 6.15. The van der Waals surface area contributed by atoms with Crippen molar-refractivity contribution in [3.8, 4) is 0 Å². The number of rotatable bonds is 2. The molecule has 0 unspecified atom stereocenters. The number of allylic oxidation sites excluding steroid dienone is 1. The number of fused-ring (bicyclic) bond motifs is 2. The van der Waals surface area contributed by atoms with Crippen LogP contribution in [0.15, 0.2) is 34.6 Å². The summed E-state index contributed by atoms with van der Waals surface area (Å²) < 4.78 is 16.2. The first-order valence-corrected chi connectivity index (χ1v) is 8.55. The van der Waals surface area contributed by atoms with E-state index >= 15 is 0 Å². The molecule has 0 aromatic rings. The molecule has 24 heavy (non-hydrogen) atoms. The van der Waals surface area contributed by atoms with E-state index in [4.69, 9.17) is 14.2 Å². The van der Waals surface area contributed by atoms with Gasteiger partial charge < -0.3 is 14.2 Å².